The number of aromatic nitrogens is 1. The Balaban J connectivity index is 1.54. The van der Waals surface area contributed by atoms with Crippen molar-refractivity contribution in [1.29, 1.82) is 0 Å². The highest BCUT2D eigenvalue weighted by Crippen LogP contribution is 2.32. The summed E-state index contributed by atoms with van der Waals surface area (Å²) in [4.78, 5) is 13.3. The first-order valence-corrected chi connectivity index (χ1v) is 10.3. The number of ether oxygens (including phenoxy) is 3. The average Bonchev–Trinajstić information content (AvgIpc) is 3.14. The summed E-state index contributed by atoms with van der Waals surface area (Å²) in [6, 6.07) is 22.9. The highest BCUT2D eigenvalue weighted by atomic mass is 19.1. The molecule has 6 heteroatoms. The second-order valence-electron chi connectivity index (χ2n) is 6.96. The van der Waals surface area contributed by atoms with Gasteiger partial charge in [0.25, 0.3) is 5.91 Å². The van der Waals surface area contributed by atoms with Crippen LogP contribution in [0.2, 0.25) is 0 Å². The first kappa shape index (κ1) is 21.0. The van der Waals surface area contributed by atoms with Crippen LogP contribution >= 0.6 is 0 Å². The summed E-state index contributed by atoms with van der Waals surface area (Å²) in [6.07, 6.45) is 0. The van der Waals surface area contributed by atoms with Gasteiger partial charge in [-0.05, 0) is 30.3 Å². The number of halogens is 1. The Hall–Kier alpha value is -3.22. The van der Waals surface area contributed by atoms with Crippen molar-refractivity contribution in [3.63, 3.8) is 0 Å². The molecule has 0 fully saturated rings. The second kappa shape index (κ2) is 10.2. The summed E-state index contributed by atoms with van der Waals surface area (Å²) < 4.78 is 30.0. The van der Waals surface area contributed by atoms with E-state index in [-0.39, 0.29) is 12.5 Å². The van der Waals surface area contributed by atoms with Crippen molar-refractivity contribution >= 4 is 27.7 Å². The fourth-order valence-corrected chi connectivity index (χ4v) is 3.56. The number of carbonyl (C=O) groups is 1. The molecule has 0 saturated heterocycles. The molecule has 0 spiro atoms. The zero-order valence-electron chi connectivity index (χ0n) is 17.1. The van der Waals surface area contributed by atoms with E-state index in [0.717, 1.165) is 21.8 Å². The monoisotopic (exact) mass is 421 g/mol. The zero-order valence-corrected chi connectivity index (χ0v) is 17.1. The second-order valence-corrected chi connectivity index (χ2v) is 6.96. The van der Waals surface area contributed by atoms with Gasteiger partial charge in [0, 0.05) is 22.4 Å². The normalized spacial score (nSPS) is 11.3. The standard InChI is InChI=1S/C25H24FNO4/c26-12-13-29-14-15-30-16-17-31-20-10-11-22-21-8-4-5-9-23(21)27(24(22)18-20)25(28)19-6-2-1-3-7-19/h1-11,18H,12-17H2. The minimum Gasteiger partial charge on any atom is -0.491 e. The van der Waals surface area contributed by atoms with Gasteiger partial charge in [-0.2, -0.15) is 0 Å². The molecule has 0 aliphatic rings. The fourth-order valence-electron chi connectivity index (χ4n) is 3.56. The molecule has 1 heterocycles. The molecule has 0 unspecified atom stereocenters. The number of carbonyl (C=O) groups excluding carboxylic acids is 1. The van der Waals surface area contributed by atoms with Crippen LogP contribution in [0.1, 0.15) is 10.4 Å². The van der Waals surface area contributed by atoms with Crippen molar-refractivity contribution in [2.24, 2.45) is 0 Å². The summed E-state index contributed by atoms with van der Waals surface area (Å²) in [7, 11) is 0. The Morgan fingerprint density at radius 2 is 1.42 bits per heavy atom. The molecule has 5 nitrogen and oxygen atoms in total. The van der Waals surface area contributed by atoms with Crippen molar-refractivity contribution in [2.75, 3.05) is 39.7 Å². The van der Waals surface area contributed by atoms with Crippen LogP contribution in [-0.2, 0) is 9.47 Å². The average molecular weight is 421 g/mol. The molecule has 0 atom stereocenters. The fraction of sp³-hybridized carbons (Fsp3) is 0.240. The molecule has 4 rings (SSSR count). The Morgan fingerprint density at radius 1 is 0.742 bits per heavy atom. The molecule has 160 valence electrons. The van der Waals surface area contributed by atoms with Crippen LogP contribution in [-0.4, -0.2) is 50.2 Å². The number of rotatable bonds is 10. The summed E-state index contributed by atoms with van der Waals surface area (Å²) in [6.45, 7) is 1.11. The van der Waals surface area contributed by atoms with Crippen LogP contribution < -0.4 is 4.74 Å². The Labute approximate surface area is 179 Å². The minimum atomic E-state index is -0.491. The smallest absolute Gasteiger partial charge is 0.262 e. The Kier molecular flexibility index (Phi) is 6.92. The maximum Gasteiger partial charge on any atom is 0.262 e. The van der Waals surface area contributed by atoms with E-state index >= 15 is 0 Å². The molecule has 0 bridgehead atoms. The maximum atomic E-state index is 13.3. The highest BCUT2D eigenvalue weighted by molar-refractivity contribution is 6.16. The van der Waals surface area contributed by atoms with Gasteiger partial charge in [-0.15, -0.1) is 0 Å². The predicted molar refractivity (Wildman–Crippen MR) is 119 cm³/mol. The van der Waals surface area contributed by atoms with E-state index in [9.17, 15) is 9.18 Å². The summed E-state index contributed by atoms with van der Waals surface area (Å²) >= 11 is 0. The van der Waals surface area contributed by atoms with Crippen LogP contribution in [0, 0.1) is 0 Å². The van der Waals surface area contributed by atoms with E-state index in [1.807, 2.05) is 72.8 Å². The van der Waals surface area contributed by atoms with E-state index in [1.165, 1.54) is 0 Å². The van der Waals surface area contributed by atoms with Crippen molar-refractivity contribution < 1.29 is 23.4 Å². The van der Waals surface area contributed by atoms with Gasteiger partial charge in [0.05, 0.1) is 37.5 Å². The van der Waals surface area contributed by atoms with Crippen molar-refractivity contribution in [3.05, 3.63) is 78.4 Å². The quantitative estimate of drug-likeness (QED) is 0.343. The van der Waals surface area contributed by atoms with Gasteiger partial charge in [-0.3, -0.25) is 9.36 Å². The third-order valence-corrected chi connectivity index (χ3v) is 4.96. The number of para-hydroxylation sites is 1. The maximum absolute atomic E-state index is 13.3. The summed E-state index contributed by atoms with van der Waals surface area (Å²) in [5.41, 5.74) is 2.29. The topological polar surface area (TPSA) is 49.7 Å². The Bertz CT molecular complexity index is 1160. The number of nitrogens with zero attached hydrogens (tertiary/aromatic N) is 1. The number of hydrogen-bond donors (Lipinski definition) is 0. The van der Waals surface area contributed by atoms with Crippen LogP contribution in [0.3, 0.4) is 0 Å². The number of alkyl halides is 1. The molecule has 0 N–H and O–H groups in total. The molecule has 0 amide bonds. The third-order valence-electron chi connectivity index (χ3n) is 4.96. The molecular formula is C25H24FNO4. The van der Waals surface area contributed by atoms with Gasteiger partial charge < -0.3 is 14.2 Å². The van der Waals surface area contributed by atoms with Gasteiger partial charge in [-0.1, -0.05) is 36.4 Å². The SMILES string of the molecule is O=C(c1ccccc1)n1c2ccccc2c2ccc(OCCOCCOCCF)cc21. The van der Waals surface area contributed by atoms with Crippen LogP contribution in [0.5, 0.6) is 5.75 Å². The van der Waals surface area contributed by atoms with Gasteiger partial charge in [0.15, 0.2) is 0 Å². The lowest BCUT2D eigenvalue weighted by molar-refractivity contribution is 0.0325. The molecule has 1 aromatic heterocycles. The lowest BCUT2D eigenvalue weighted by Crippen LogP contribution is -2.12. The van der Waals surface area contributed by atoms with Gasteiger partial charge in [0.2, 0.25) is 0 Å². The first-order valence-electron chi connectivity index (χ1n) is 10.3. The predicted octanol–water partition coefficient (Wildman–Crippen LogP) is 4.86. The van der Waals surface area contributed by atoms with Gasteiger partial charge in [-0.25, -0.2) is 4.39 Å². The third kappa shape index (κ3) is 4.76. The molecule has 31 heavy (non-hydrogen) atoms. The van der Waals surface area contributed by atoms with E-state index in [1.54, 1.807) is 4.57 Å². The lowest BCUT2D eigenvalue weighted by Gasteiger charge is -2.09. The highest BCUT2D eigenvalue weighted by Gasteiger charge is 2.17. The molecule has 0 aliphatic carbocycles. The number of fused-ring (bicyclic) bond motifs is 3. The minimum absolute atomic E-state index is 0.0828. The van der Waals surface area contributed by atoms with E-state index in [0.29, 0.717) is 37.7 Å². The molecule has 3 aromatic carbocycles. The van der Waals surface area contributed by atoms with E-state index in [4.69, 9.17) is 14.2 Å². The molecule has 4 aromatic rings. The molecule has 0 aliphatic heterocycles. The van der Waals surface area contributed by atoms with Gasteiger partial charge >= 0.3 is 0 Å². The first-order chi connectivity index (χ1) is 15.3. The van der Waals surface area contributed by atoms with E-state index < -0.39 is 6.67 Å². The molecular weight excluding hydrogens is 397 g/mol. The van der Waals surface area contributed by atoms with Crippen LogP contribution in [0.25, 0.3) is 21.8 Å². The van der Waals surface area contributed by atoms with E-state index in [2.05, 4.69) is 0 Å². The number of hydrogen-bond acceptors (Lipinski definition) is 4. The van der Waals surface area contributed by atoms with Crippen LogP contribution in [0.15, 0.2) is 72.8 Å². The molecule has 0 radical (unpaired) electrons. The lowest BCUT2D eigenvalue weighted by atomic mass is 10.1. The zero-order chi connectivity index (χ0) is 21.5. The van der Waals surface area contributed by atoms with Crippen molar-refractivity contribution in [1.82, 2.24) is 4.57 Å². The van der Waals surface area contributed by atoms with Crippen molar-refractivity contribution in [3.8, 4) is 5.75 Å². The largest absolute Gasteiger partial charge is 0.491 e. The number of benzene rings is 3. The van der Waals surface area contributed by atoms with Gasteiger partial charge in [0.1, 0.15) is 19.0 Å². The molecule has 0 saturated carbocycles. The van der Waals surface area contributed by atoms with Crippen molar-refractivity contribution in [2.45, 2.75) is 0 Å². The summed E-state index contributed by atoms with van der Waals surface area (Å²) in [5, 5.41) is 2.01. The summed E-state index contributed by atoms with van der Waals surface area (Å²) in [5.74, 6) is 0.579. The Morgan fingerprint density at radius 3 is 2.23 bits per heavy atom. The van der Waals surface area contributed by atoms with Crippen LogP contribution in [0.4, 0.5) is 4.39 Å².